The summed E-state index contributed by atoms with van der Waals surface area (Å²) in [4.78, 5) is 79.9. The van der Waals surface area contributed by atoms with Crippen LogP contribution in [0.3, 0.4) is 0 Å². The maximum Gasteiger partial charge on any atom is 0.408 e. The number of alkyl carbamates (subject to hydrolysis) is 1. The van der Waals surface area contributed by atoms with E-state index in [1.54, 1.807) is 20.8 Å². The van der Waals surface area contributed by atoms with Gasteiger partial charge in [-0.25, -0.2) is 19.2 Å². The van der Waals surface area contributed by atoms with Gasteiger partial charge in [-0.15, -0.1) is 0 Å². The number of ether oxygens (including phenoxy) is 4. The zero-order chi connectivity index (χ0) is 49.0. The first-order chi connectivity index (χ1) is 32.3. The van der Waals surface area contributed by atoms with Gasteiger partial charge < -0.3 is 34.9 Å². The molecular formula is C54H85N3O10. The summed E-state index contributed by atoms with van der Waals surface area (Å²) < 4.78 is 22.3. The zero-order valence-electron chi connectivity index (χ0n) is 41.7. The molecule has 2 unspecified atom stereocenters. The molecule has 3 N–H and O–H groups in total. The van der Waals surface area contributed by atoms with Crippen molar-refractivity contribution >= 4 is 35.8 Å². The van der Waals surface area contributed by atoms with E-state index >= 15 is 0 Å². The van der Waals surface area contributed by atoms with E-state index in [0.717, 1.165) is 49.7 Å². The summed E-state index contributed by atoms with van der Waals surface area (Å²) in [5, 5.41) is 8.21. The second-order valence-electron chi connectivity index (χ2n) is 18.7. The fraction of sp³-hybridized carbons (Fsp3) is 0.667. The zero-order valence-corrected chi connectivity index (χ0v) is 41.7. The molecule has 0 fully saturated rings. The van der Waals surface area contributed by atoms with Crippen LogP contribution in [0.1, 0.15) is 200 Å². The number of rotatable bonds is 37. The number of amides is 3. The van der Waals surface area contributed by atoms with Crippen molar-refractivity contribution in [3.63, 3.8) is 0 Å². The lowest BCUT2D eigenvalue weighted by atomic mass is 10.0. The molecule has 376 valence electrons. The summed E-state index contributed by atoms with van der Waals surface area (Å²) in [6.07, 6.45) is 19.6. The average molecular weight is 936 g/mol. The molecule has 0 aliphatic carbocycles. The van der Waals surface area contributed by atoms with Crippen LogP contribution in [0.15, 0.2) is 60.7 Å². The Labute approximate surface area is 402 Å². The summed E-state index contributed by atoms with van der Waals surface area (Å²) in [6.45, 7) is 9.72. The maximum atomic E-state index is 13.6. The Hall–Kier alpha value is -4.94. The lowest BCUT2D eigenvalue weighted by Crippen LogP contribution is -2.46. The predicted molar refractivity (Wildman–Crippen MR) is 263 cm³/mol. The van der Waals surface area contributed by atoms with Crippen molar-refractivity contribution in [3.05, 3.63) is 71.8 Å². The van der Waals surface area contributed by atoms with E-state index in [1.165, 1.54) is 64.2 Å². The molecule has 0 spiro atoms. The first kappa shape index (κ1) is 58.2. The Bertz CT molecular complexity index is 1670. The van der Waals surface area contributed by atoms with Gasteiger partial charge in [-0.2, -0.15) is 0 Å². The van der Waals surface area contributed by atoms with Gasteiger partial charge in [0.2, 0.25) is 11.8 Å². The summed E-state index contributed by atoms with van der Waals surface area (Å²) in [7, 11) is 0. The maximum absolute atomic E-state index is 13.6. The first-order valence-corrected chi connectivity index (χ1v) is 25.5. The largest absolute Gasteiger partial charge is 0.464 e. The molecule has 2 rings (SSSR count). The van der Waals surface area contributed by atoms with Crippen molar-refractivity contribution in [1.82, 2.24) is 16.0 Å². The quantitative estimate of drug-likeness (QED) is 0.0336. The van der Waals surface area contributed by atoms with Crippen LogP contribution < -0.4 is 16.0 Å². The fourth-order valence-corrected chi connectivity index (χ4v) is 7.47. The van der Waals surface area contributed by atoms with Gasteiger partial charge in [0.1, 0.15) is 36.9 Å². The molecule has 2 aromatic carbocycles. The van der Waals surface area contributed by atoms with Gasteiger partial charge in [0.05, 0.1) is 6.61 Å². The molecule has 13 nitrogen and oxygen atoms in total. The van der Waals surface area contributed by atoms with Crippen molar-refractivity contribution < 1.29 is 47.7 Å². The minimum Gasteiger partial charge on any atom is -0.464 e. The molecule has 0 heterocycles. The highest BCUT2D eigenvalue weighted by atomic mass is 16.6. The summed E-state index contributed by atoms with van der Waals surface area (Å²) in [5.41, 5.74) is 0.702. The number of unbranched alkanes of at least 4 members (excludes halogenated alkanes) is 16. The van der Waals surface area contributed by atoms with Gasteiger partial charge >= 0.3 is 24.0 Å². The monoisotopic (exact) mass is 936 g/mol. The van der Waals surface area contributed by atoms with E-state index in [4.69, 9.17) is 18.9 Å². The minimum absolute atomic E-state index is 0.00976. The van der Waals surface area contributed by atoms with E-state index in [1.807, 2.05) is 60.7 Å². The van der Waals surface area contributed by atoms with Crippen LogP contribution in [0.2, 0.25) is 0 Å². The van der Waals surface area contributed by atoms with Crippen molar-refractivity contribution in [2.45, 2.75) is 226 Å². The second kappa shape index (κ2) is 36.1. The Balaban J connectivity index is 2.10. The molecule has 0 radical (unpaired) electrons. The summed E-state index contributed by atoms with van der Waals surface area (Å²) in [6, 6.07) is 15.0. The highest BCUT2D eigenvalue weighted by molar-refractivity contribution is 5.87. The van der Waals surface area contributed by atoms with Gasteiger partial charge in [0, 0.05) is 12.8 Å². The molecule has 0 bridgehead atoms. The standard InChI is InChI=1S/C54H85N3O10/c1-6-8-10-12-14-16-18-20-28-37-48(58)56-47(50(60)64-40-29-21-19-17-15-13-11-9-7-2)38-39-49(59)55-45(51(61)65-41-43-31-24-22-25-32-43)35-30-36-46(57-53(63)67-54(3,4)5)52(62)66-42-44-33-26-23-27-34-44/h22-27,31-34,45-47H,6-21,28-30,35-42H2,1-5H3,(H,55,59)(H,56,58)(H,57,63)/t45?,46?,47-/m1/s1. The lowest BCUT2D eigenvalue weighted by molar-refractivity contribution is -0.150. The molecule has 13 heteroatoms. The summed E-state index contributed by atoms with van der Waals surface area (Å²) >= 11 is 0. The molecule has 67 heavy (non-hydrogen) atoms. The smallest absolute Gasteiger partial charge is 0.408 e. The van der Waals surface area contributed by atoms with Crippen molar-refractivity contribution in [3.8, 4) is 0 Å². The third-order valence-electron chi connectivity index (χ3n) is 11.3. The molecular weight excluding hydrogens is 851 g/mol. The van der Waals surface area contributed by atoms with Crippen molar-refractivity contribution in [2.24, 2.45) is 0 Å². The van der Waals surface area contributed by atoms with E-state index in [0.29, 0.717) is 12.8 Å². The van der Waals surface area contributed by atoms with Crippen LogP contribution in [0.25, 0.3) is 0 Å². The molecule has 2 aromatic rings. The van der Waals surface area contributed by atoms with E-state index in [2.05, 4.69) is 29.8 Å². The third-order valence-corrected chi connectivity index (χ3v) is 11.3. The first-order valence-electron chi connectivity index (χ1n) is 25.5. The van der Waals surface area contributed by atoms with Crippen LogP contribution >= 0.6 is 0 Å². The number of benzene rings is 2. The van der Waals surface area contributed by atoms with E-state index in [-0.39, 0.29) is 64.3 Å². The Morgan fingerprint density at radius 3 is 1.30 bits per heavy atom. The van der Waals surface area contributed by atoms with E-state index < -0.39 is 53.6 Å². The van der Waals surface area contributed by atoms with Gasteiger partial charge in [-0.05, 0) is 70.4 Å². The summed E-state index contributed by atoms with van der Waals surface area (Å²) in [5.74, 6) is -2.76. The van der Waals surface area contributed by atoms with Gasteiger partial charge in [0.25, 0.3) is 0 Å². The minimum atomic E-state index is -1.13. The van der Waals surface area contributed by atoms with Crippen LogP contribution in [0, 0.1) is 0 Å². The topological polar surface area (TPSA) is 175 Å². The highest BCUT2D eigenvalue weighted by Crippen LogP contribution is 2.16. The van der Waals surface area contributed by atoms with Crippen LogP contribution in [-0.2, 0) is 56.1 Å². The molecule has 3 amide bonds. The Kier molecular flexibility index (Phi) is 31.4. The second-order valence-corrected chi connectivity index (χ2v) is 18.7. The molecule has 3 atom stereocenters. The van der Waals surface area contributed by atoms with Crippen LogP contribution in [0.4, 0.5) is 4.79 Å². The number of carbonyl (C=O) groups excluding carboxylic acids is 6. The number of hydrogen-bond acceptors (Lipinski definition) is 10. The van der Waals surface area contributed by atoms with Crippen LogP contribution in [-0.4, -0.2) is 66.1 Å². The Morgan fingerprint density at radius 1 is 0.448 bits per heavy atom. The van der Waals surface area contributed by atoms with Crippen molar-refractivity contribution in [2.75, 3.05) is 6.61 Å². The number of esters is 3. The van der Waals surface area contributed by atoms with Gasteiger partial charge in [0.15, 0.2) is 0 Å². The fourth-order valence-electron chi connectivity index (χ4n) is 7.47. The van der Waals surface area contributed by atoms with E-state index in [9.17, 15) is 28.8 Å². The van der Waals surface area contributed by atoms with Gasteiger partial charge in [-0.1, -0.05) is 177 Å². The molecule has 0 aromatic heterocycles. The molecule has 0 aliphatic heterocycles. The van der Waals surface area contributed by atoms with Gasteiger partial charge in [-0.3, -0.25) is 9.59 Å². The highest BCUT2D eigenvalue weighted by Gasteiger charge is 2.29. The molecule has 0 saturated carbocycles. The third kappa shape index (κ3) is 30.1. The molecule has 0 aliphatic rings. The normalized spacial score (nSPS) is 12.6. The lowest BCUT2D eigenvalue weighted by Gasteiger charge is -2.24. The number of carbonyl (C=O) groups is 6. The van der Waals surface area contributed by atoms with Crippen LogP contribution in [0.5, 0.6) is 0 Å². The van der Waals surface area contributed by atoms with Crippen molar-refractivity contribution in [1.29, 1.82) is 0 Å². The number of hydrogen-bond donors (Lipinski definition) is 3. The number of nitrogens with one attached hydrogen (secondary N) is 3. The Morgan fingerprint density at radius 2 is 0.836 bits per heavy atom. The predicted octanol–water partition coefficient (Wildman–Crippen LogP) is 11.3. The average Bonchev–Trinajstić information content (AvgIpc) is 3.30. The SMILES string of the molecule is CCCCCCCCCCCOC(=O)[C@@H](CCC(=O)NC(CCCC(NC(=O)OC(C)(C)C)C(=O)OCc1ccccc1)C(=O)OCc1ccccc1)NC(=O)CCCCCCCCCCC. The molecule has 0 saturated heterocycles.